The maximum absolute atomic E-state index is 12.6. The van der Waals surface area contributed by atoms with Crippen molar-refractivity contribution in [3.05, 3.63) is 62.9 Å². The van der Waals surface area contributed by atoms with Crippen LogP contribution >= 0.6 is 11.6 Å². The highest BCUT2D eigenvalue weighted by Gasteiger charge is 2.22. The Morgan fingerprint density at radius 3 is 2.46 bits per heavy atom. The molecule has 0 unspecified atom stereocenters. The summed E-state index contributed by atoms with van der Waals surface area (Å²) in [7, 11) is 0. The number of carbonyl (C=O) groups excluding carboxylic acids is 2. The van der Waals surface area contributed by atoms with Crippen LogP contribution in [0.3, 0.4) is 0 Å². The summed E-state index contributed by atoms with van der Waals surface area (Å²) in [5, 5.41) is 4.05. The number of ether oxygens (including phenoxy) is 1. The molecule has 0 spiro atoms. The summed E-state index contributed by atoms with van der Waals surface area (Å²) < 4.78 is 12.1. The van der Waals surface area contributed by atoms with Crippen LogP contribution in [0.2, 0.25) is 5.15 Å². The molecule has 0 atom stereocenters. The number of esters is 1. The summed E-state index contributed by atoms with van der Waals surface area (Å²) >= 11 is 6.07. The summed E-state index contributed by atoms with van der Waals surface area (Å²) in [6.45, 7) is 8.59. The van der Waals surface area contributed by atoms with Crippen molar-refractivity contribution < 1.29 is 18.8 Å². The van der Waals surface area contributed by atoms with Gasteiger partial charge < -0.3 is 9.26 Å². The number of rotatable bonds is 5. The van der Waals surface area contributed by atoms with Gasteiger partial charge in [-0.3, -0.25) is 9.36 Å². The maximum atomic E-state index is 12.6. The fraction of sp³-hybridized carbons (Fsp3) is 0.300. The molecule has 0 bridgehead atoms. The zero-order valence-electron chi connectivity index (χ0n) is 16.3. The second-order valence-corrected chi connectivity index (χ2v) is 7.02. The van der Waals surface area contributed by atoms with Gasteiger partial charge in [-0.15, -0.1) is 0 Å². The van der Waals surface area contributed by atoms with Crippen LogP contribution in [0.1, 0.15) is 49.1 Å². The van der Waals surface area contributed by atoms with Crippen LogP contribution in [0.4, 0.5) is 0 Å². The van der Waals surface area contributed by atoms with Crippen LogP contribution in [-0.4, -0.2) is 33.1 Å². The van der Waals surface area contributed by atoms with E-state index in [0.29, 0.717) is 34.1 Å². The Hall–Kier alpha value is -2.93. The van der Waals surface area contributed by atoms with Crippen molar-refractivity contribution in [3.8, 4) is 5.82 Å². The van der Waals surface area contributed by atoms with Crippen LogP contribution in [0, 0.1) is 34.6 Å². The number of nitrogens with zero attached hydrogens (tertiary/aromatic N) is 3. The second kappa shape index (κ2) is 7.59. The van der Waals surface area contributed by atoms with Gasteiger partial charge in [0.15, 0.2) is 12.4 Å². The Morgan fingerprint density at radius 2 is 1.86 bits per heavy atom. The molecule has 0 fully saturated rings. The molecule has 0 aromatic carbocycles. The Bertz CT molecular complexity index is 1060. The van der Waals surface area contributed by atoms with E-state index < -0.39 is 12.6 Å². The molecule has 0 N–H and O–H groups in total. The molecule has 0 radical (unpaired) electrons. The number of aryl methyl sites for hydroxylation is 4. The molecule has 8 heteroatoms. The number of pyridine rings is 1. The molecule has 3 rings (SSSR count). The summed E-state index contributed by atoms with van der Waals surface area (Å²) in [6.07, 6.45) is 0. The predicted octanol–water partition coefficient (Wildman–Crippen LogP) is 4.10. The zero-order valence-corrected chi connectivity index (χ0v) is 17.0. The quantitative estimate of drug-likeness (QED) is 0.363. The minimum Gasteiger partial charge on any atom is -0.454 e. The van der Waals surface area contributed by atoms with Crippen molar-refractivity contribution in [3.63, 3.8) is 0 Å². The van der Waals surface area contributed by atoms with E-state index >= 15 is 0 Å². The normalized spacial score (nSPS) is 10.9. The SMILES string of the molecule is Cc1cc(C)c(C(=O)OCC(=O)c2cc(C)n(-c3cc(C)on3)c2C)c(Cl)n1. The standard InChI is InChI=1S/C20H20ClN3O4/c1-10-6-11(2)22-19(21)18(10)20(26)27-9-16(25)15-7-12(3)24(14(15)5)17-8-13(4)28-23-17/h6-8H,9H2,1-5H3. The fourth-order valence-corrected chi connectivity index (χ4v) is 3.53. The number of hydrogen-bond acceptors (Lipinski definition) is 6. The van der Waals surface area contributed by atoms with Gasteiger partial charge in [0.1, 0.15) is 10.9 Å². The first-order valence-electron chi connectivity index (χ1n) is 8.65. The minimum absolute atomic E-state index is 0.0644. The van der Waals surface area contributed by atoms with E-state index in [-0.39, 0.29) is 16.5 Å². The van der Waals surface area contributed by atoms with Crippen LogP contribution in [0.15, 0.2) is 22.7 Å². The lowest BCUT2D eigenvalue weighted by atomic mass is 10.1. The summed E-state index contributed by atoms with van der Waals surface area (Å²) in [5.41, 5.74) is 3.49. The molecule has 0 aliphatic carbocycles. The first-order chi connectivity index (χ1) is 13.2. The topological polar surface area (TPSA) is 87.2 Å². The third-order valence-electron chi connectivity index (χ3n) is 4.42. The van der Waals surface area contributed by atoms with Crippen LogP contribution in [0.25, 0.3) is 5.82 Å². The summed E-state index contributed by atoms with van der Waals surface area (Å²) in [4.78, 5) is 29.1. The van der Waals surface area contributed by atoms with Gasteiger partial charge in [0.05, 0.1) is 5.56 Å². The van der Waals surface area contributed by atoms with Gasteiger partial charge in [-0.05, 0) is 52.3 Å². The van der Waals surface area contributed by atoms with Crippen molar-refractivity contribution in [2.75, 3.05) is 6.61 Å². The Kier molecular flexibility index (Phi) is 5.38. The Labute approximate surface area is 167 Å². The number of aromatic nitrogens is 3. The average molecular weight is 402 g/mol. The largest absolute Gasteiger partial charge is 0.454 e. The van der Waals surface area contributed by atoms with E-state index in [2.05, 4.69) is 10.1 Å². The predicted molar refractivity (Wildman–Crippen MR) is 103 cm³/mol. The molecular formula is C20H20ClN3O4. The lowest BCUT2D eigenvalue weighted by molar-refractivity contribution is 0.0473. The summed E-state index contributed by atoms with van der Waals surface area (Å²) in [5.74, 6) is 0.269. The van der Waals surface area contributed by atoms with Gasteiger partial charge in [-0.25, -0.2) is 9.78 Å². The first kappa shape index (κ1) is 19.8. The lowest BCUT2D eigenvalue weighted by Crippen LogP contribution is -2.16. The lowest BCUT2D eigenvalue weighted by Gasteiger charge is -2.09. The first-order valence-corrected chi connectivity index (χ1v) is 9.03. The van der Waals surface area contributed by atoms with Crippen LogP contribution < -0.4 is 0 Å². The monoisotopic (exact) mass is 401 g/mol. The Morgan fingerprint density at radius 1 is 1.14 bits per heavy atom. The van der Waals surface area contributed by atoms with E-state index in [4.69, 9.17) is 20.9 Å². The fourth-order valence-electron chi connectivity index (χ4n) is 3.17. The molecule has 0 saturated carbocycles. The van der Waals surface area contributed by atoms with Crippen LogP contribution in [-0.2, 0) is 4.74 Å². The minimum atomic E-state index is -0.677. The van der Waals surface area contributed by atoms with E-state index in [0.717, 1.165) is 5.69 Å². The molecule has 0 aliphatic rings. The van der Waals surface area contributed by atoms with Gasteiger partial charge in [0, 0.05) is 28.7 Å². The van der Waals surface area contributed by atoms with E-state index in [1.54, 1.807) is 45.9 Å². The molecule has 0 saturated heterocycles. The van der Waals surface area contributed by atoms with Gasteiger partial charge in [-0.2, -0.15) is 0 Å². The average Bonchev–Trinajstić information content (AvgIpc) is 3.14. The molecule has 28 heavy (non-hydrogen) atoms. The Balaban J connectivity index is 1.78. The van der Waals surface area contributed by atoms with Crippen molar-refractivity contribution in [1.29, 1.82) is 0 Å². The van der Waals surface area contributed by atoms with Gasteiger partial charge in [0.25, 0.3) is 0 Å². The number of Topliss-reactive ketones (excluding diaryl/α,β-unsaturated/α-hetero) is 1. The third kappa shape index (κ3) is 3.71. The third-order valence-corrected chi connectivity index (χ3v) is 4.69. The number of carbonyl (C=O) groups is 2. The highest BCUT2D eigenvalue weighted by molar-refractivity contribution is 6.32. The van der Waals surface area contributed by atoms with Crippen molar-refractivity contribution in [2.45, 2.75) is 34.6 Å². The van der Waals surface area contributed by atoms with Crippen LogP contribution in [0.5, 0.6) is 0 Å². The molecule has 146 valence electrons. The smallest absolute Gasteiger partial charge is 0.342 e. The van der Waals surface area contributed by atoms with E-state index in [1.807, 2.05) is 11.5 Å². The van der Waals surface area contributed by atoms with Gasteiger partial charge in [-0.1, -0.05) is 16.8 Å². The maximum Gasteiger partial charge on any atom is 0.342 e. The molecule has 0 aliphatic heterocycles. The molecule has 7 nitrogen and oxygen atoms in total. The van der Waals surface area contributed by atoms with E-state index in [1.165, 1.54) is 0 Å². The van der Waals surface area contributed by atoms with Crippen molar-refractivity contribution in [1.82, 2.24) is 14.7 Å². The van der Waals surface area contributed by atoms with E-state index in [9.17, 15) is 9.59 Å². The molecule has 3 heterocycles. The number of ketones is 1. The molecule has 3 aromatic rings. The van der Waals surface area contributed by atoms with Gasteiger partial charge in [0.2, 0.25) is 5.78 Å². The highest BCUT2D eigenvalue weighted by Crippen LogP contribution is 2.22. The summed E-state index contributed by atoms with van der Waals surface area (Å²) in [6, 6.07) is 5.25. The molecular weight excluding hydrogens is 382 g/mol. The van der Waals surface area contributed by atoms with Crippen molar-refractivity contribution in [2.24, 2.45) is 0 Å². The van der Waals surface area contributed by atoms with Crippen molar-refractivity contribution >= 4 is 23.4 Å². The highest BCUT2D eigenvalue weighted by atomic mass is 35.5. The number of halogens is 1. The number of hydrogen-bond donors (Lipinski definition) is 0. The zero-order chi connectivity index (χ0) is 20.6. The molecule has 3 aromatic heterocycles. The molecule has 0 amide bonds. The van der Waals surface area contributed by atoms with Gasteiger partial charge >= 0.3 is 5.97 Å². The second-order valence-electron chi connectivity index (χ2n) is 6.66.